The zero-order valence-corrected chi connectivity index (χ0v) is 17.4. The smallest absolute Gasteiger partial charge is 0.224 e. The zero-order valence-electron chi connectivity index (χ0n) is 17.4. The van der Waals surface area contributed by atoms with Gasteiger partial charge in [-0.1, -0.05) is 37.3 Å². The van der Waals surface area contributed by atoms with E-state index in [-0.39, 0.29) is 11.4 Å². The van der Waals surface area contributed by atoms with Crippen molar-refractivity contribution >= 4 is 5.91 Å². The first-order chi connectivity index (χ1) is 13.7. The molecule has 0 radical (unpaired) electrons. The van der Waals surface area contributed by atoms with Crippen molar-refractivity contribution in [1.82, 2.24) is 14.7 Å². The highest BCUT2D eigenvalue weighted by atomic mass is 16.5. The highest BCUT2D eigenvalue weighted by molar-refractivity contribution is 5.75. The van der Waals surface area contributed by atoms with Gasteiger partial charge in [0.05, 0.1) is 0 Å². The Morgan fingerprint density at radius 3 is 2.43 bits per heavy atom. The summed E-state index contributed by atoms with van der Waals surface area (Å²) in [7, 11) is 1.66. The van der Waals surface area contributed by atoms with Crippen LogP contribution in [0.3, 0.4) is 0 Å². The molecule has 2 heterocycles. The van der Waals surface area contributed by atoms with E-state index < -0.39 is 0 Å². The lowest BCUT2D eigenvalue weighted by Crippen LogP contribution is -2.63. The number of hydrogen-bond donors (Lipinski definition) is 0. The lowest BCUT2D eigenvalue weighted by Gasteiger charge is -2.51. The highest BCUT2D eigenvalue weighted by Gasteiger charge is 2.41. The molecular formula is C22H35N3O3. The molecule has 1 aromatic rings. The van der Waals surface area contributed by atoms with Crippen molar-refractivity contribution in [2.45, 2.75) is 38.3 Å². The number of hydrogen-bond acceptors (Lipinski definition) is 5. The summed E-state index contributed by atoms with van der Waals surface area (Å²) in [6.07, 6.45) is 2.46. The van der Waals surface area contributed by atoms with Crippen LogP contribution in [0.1, 0.15) is 31.7 Å². The molecular weight excluding hydrogens is 354 g/mol. The van der Waals surface area contributed by atoms with Crippen LogP contribution in [0.5, 0.6) is 0 Å². The molecule has 6 nitrogen and oxygen atoms in total. The Morgan fingerprint density at radius 2 is 1.82 bits per heavy atom. The number of carbonyl (C=O) groups is 1. The molecule has 1 amide bonds. The summed E-state index contributed by atoms with van der Waals surface area (Å²) < 4.78 is 11.0. The van der Waals surface area contributed by atoms with Crippen molar-refractivity contribution in [1.29, 1.82) is 0 Å². The first-order valence-corrected chi connectivity index (χ1v) is 10.5. The molecule has 28 heavy (non-hydrogen) atoms. The minimum absolute atomic E-state index is 0.000443. The second kappa shape index (κ2) is 10.3. The Bertz CT molecular complexity index is 596. The molecule has 2 saturated heterocycles. The van der Waals surface area contributed by atoms with Gasteiger partial charge in [-0.15, -0.1) is 0 Å². The molecule has 6 heteroatoms. The van der Waals surface area contributed by atoms with E-state index in [4.69, 9.17) is 9.47 Å². The second-order valence-electron chi connectivity index (χ2n) is 7.95. The van der Waals surface area contributed by atoms with Gasteiger partial charge in [0, 0.05) is 71.6 Å². The molecule has 156 valence electrons. The van der Waals surface area contributed by atoms with E-state index in [1.807, 2.05) is 11.8 Å². The van der Waals surface area contributed by atoms with Crippen LogP contribution in [0.4, 0.5) is 0 Å². The van der Waals surface area contributed by atoms with Gasteiger partial charge in [-0.2, -0.15) is 0 Å². The van der Waals surface area contributed by atoms with E-state index >= 15 is 0 Å². The number of benzene rings is 1. The Kier molecular flexibility index (Phi) is 7.85. The fraction of sp³-hybridized carbons (Fsp3) is 0.682. The Labute approximate surface area is 169 Å². The van der Waals surface area contributed by atoms with Gasteiger partial charge < -0.3 is 14.4 Å². The summed E-state index contributed by atoms with van der Waals surface area (Å²) in [5.41, 5.74) is 1.37. The lowest BCUT2D eigenvalue weighted by molar-refractivity contribution is -0.141. The summed E-state index contributed by atoms with van der Waals surface area (Å²) in [5.74, 6) is 0.162. The number of ether oxygens (including phenoxy) is 2. The predicted molar refractivity (Wildman–Crippen MR) is 110 cm³/mol. The molecule has 1 aromatic carbocycles. The maximum absolute atomic E-state index is 12.4. The monoisotopic (exact) mass is 389 g/mol. The maximum atomic E-state index is 12.4. The van der Waals surface area contributed by atoms with Crippen LogP contribution < -0.4 is 0 Å². The molecule has 2 aliphatic heterocycles. The largest absolute Gasteiger partial charge is 0.381 e. The van der Waals surface area contributed by atoms with Gasteiger partial charge >= 0.3 is 0 Å². The lowest BCUT2D eigenvalue weighted by atomic mass is 9.86. The number of carbonyl (C=O) groups excluding carboxylic acids is 1. The average Bonchev–Trinajstić information content (AvgIpc) is 2.75. The predicted octanol–water partition coefficient (Wildman–Crippen LogP) is 2.20. The van der Waals surface area contributed by atoms with Crippen LogP contribution in [0.2, 0.25) is 0 Å². The molecule has 0 unspecified atom stereocenters. The summed E-state index contributed by atoms with van der Waals surface area (Å²) in [4.78, 5) is 19.5. The standard InChI is InChI=1S/C22H35N3O3/c1-3-21(26)24(19-27-2)18-22(9-15-28-16-10-22)25-13-11-23(12-14-25)17-20-7-5-4-6-8-20/h4-8H,3,9-19H2,1-2H3. The van der Waals surface area contributed by atoms with E-state index in [9.17, 15) is 4.79 Å². The number of nitrogens with zero attached hydrogens (tertiary/aromatic N) is 3. The van der Waals surface area contributed by atoms with Crippen molar-refractivity contribution in [3.63, 3.8) is 0 Å². The van der Waals surface area contributed by atoms with Crippen LogP contribution in [-0.2, 0) is 20.8 Å². The van der Waals surface area contributed by atoms with E-state index in [0.717, 1.165) is 65.3 Å². The molecule has 2 fully saturated rings. The maximum Gasteiger partial charge on any atom is 0.224 e. The van der Waals surface area contributed by atoms with Crippen LogP contribution in [0.15, 0.2) is 30.3 Å². The van der Waals surface area contributed by atoms with Crippen molar-refractivity contribution in [3.8, 4) is 0 Å². The van der Waals surface area contributed by atoms with Gasteiger partial charge in [0.1, 0.15) is 6.73 Å². The topological polar surface area (TPSA) is 45.2 Å². The third-order valence-electron chi connectivity index (χ3n) is 6.14. The van der Waals surface area contributed by atoms with Gasteiger partial charge in [0.2, 0.25) is 5.91 Å². The van der Waals surface area contributed by atoms with Crippen molar-refractivity contribution in [2.75, 3.05) is 59.8 Å². The van der Waals surface area contributed by atoms with Crippen LogP contribution in [0.25, 0.3) is 0 Å². The van der Waals surface area contributed by atoms with Crippen LogP contribution >= 0.6 is 0 Å². The number of methoxy groups -OCH3 is 1. The first kappa shape index (κ1) is 21.2. The summed E-state index contributed by atoms with van der Waals surface area (Å²) >= 11 is 0. The Morgan fingerprint density at radius 1 is 1.14 bits per heavy atom. The van der Waals surface area contributed by atoms with Crippen molar-refractivity contribution in [3.05, 3.63) is 35.9 Å². The van der Waals surface area contributed by atoms with Gasteiger partial charge in [-0.25, -0.2) is 0 Å². The Balaban J connectivity index is 1.64. The average molecular weight is 390 g/mol. The second-order valence-corrected chi connectivity index (χ2v) is 7.95. The number of amides is 1. The molecule has 0 N–H and O–H groups in total. The molecule has 0 spiro atoms. The highest BCUT2D eigenvalue weighted by Crippen LogP contribution is 2.31. The summed E-state index contributed by atoms with van der Waals surface area (Å²) in [6.45, 7) is 9.75. The fourth-order valence-electron chi connectivity index (χ4n) is 4.49. The summed E-state index contributed by atoms with van der Waals surface area (Å²) in [6, 6.07) is 10.7. The molecule has 3 rings (SSSR count). The number of piperazine rings is 1. The third kappa shape index (κ3) is 5.32. The SMILES string of the molecule is CCC(=O)N(COC)CC1(N2CCN(Cc3ccccc3)CC2)CCOCC1. The van der Waals surface area contributed by atoms with Crippen molar-refractivity contribution in [2.24, 2.45) is 0 Å². The normalized spacial score (nSPS) is 20.8. The minimum atomic E-state index is 0.000443. The fourth-order valence-corrected chi connectivity index (χ4v) is 4.49. The van der Waals surface area contributed by atoms with Gasteiger partial charge in [-0.3, -0.25) is 14.6 Å². The van der Waals surface area contributed by atoms with E-state index in [0.29, 0.717) is 13.2 Å². The van der Waals surface area contributed by atoms with E-state index in [1.54, 1.807) is 7.11 Å². The van der Waals surface area contributed by atoms with Gasteiger partial charge in [0.25, 0.3) is 0 Å². The molecule has 0 atom stereocenters. The third-order valence-corrected chi connectivity index (χ3v) is 6.14. The molecule has 2 aliphatic rings. The molecule has 0 aliphatic carbocycles. The zero-order chi connectivity index (χ0) is 19.8. The van der Waals surface area contributed by atoms with Crippen molar-refractivity contribution < 1.29 is 14.3 Å². The number of rotatable bonds is 8. The van der Waals surface area contributed by atoms with Crippen LogP contribution in [0, 0.1) is 0 Å². The van der Waals surface area contributed by atoms with E-state index in [2.05, 4.69) is 40.1 Å². The molecule has 0 aromatic heterocycles. The van der Waals surface area contributed by atoms with Gasteiger partial charge in [-0.05, 0) is 18.4 Å². The van der Waals surface area contributed by atoms with E-state index in [1.165, 1.54) is 5.56 Å². The van der Waals surface area contributed by atoms with Crippen LogP contribution in [-0.4, -0.2) is 85.9 Å². The first-order valence-electron chi connectivity index (χ1n) is 10.5. The summed E-state index contributed by atoms with van der Waals surface area (Å²) in [5, 5.41) is 0. The molecule has 0 saturated carbocycles. The minimum Gasteiger partial charge on any atom is -0.381 e. The Hall–Kier alpha value is -1.47. The van der Waals surface area contributed by atoms with Gasteiger partial charge in [0.15, 0.2) is 0 Å². The quantitative estimate of drug-likeness (QED) is 0.638. The molecule has 0 bridgehead atoms.